The number of rotatable bonds is 3. The Morgan fingerprint density at radius 1 is 1.35 bits per heavy atom. The molecule has 0 amide bonds. The molecule has 3 aromatic rings. The Bertz CT molecular complexity index is 838. The minimum absolute atomic E-state index is 0.105. The smallest absolute Gasteiger partial charge is 0.278 e. The maximum atomic E-state index is 12.3. The third-order valence-electron chi connectivity index (χ3n) is 2.78. The molecule has 7 heteroatoms. The molecule has 2 N–H and O–H groups in total. The number of hydrogen-bond donors (Lipinski definition) is 1. The van der Waals surface area contributed by atoms with Crippen LogP contribution in [0.2, 0.25) is 0 Å². The molecule has 0 unspecified atom stereocenters. The molecule has 0 aliphatic rings. The first-order valence-electron chi connectivity index (χ1n) is 5.86. The minimum atomic E-state index is -0.221. The average molecular weight is 302 g/mol. The van der Waals surface area contributed by atoms with Crippen LogP contribution >= 0.6 is 23.6 Å². The van der Waals surface area contributed by atoms with E-state index in [-0.39, 0.29) is 17.1 Å². The number of hydrogen-bond acceptors (Lipinski definition) is 5. The molecule has 0 fully saturated rings. The first kappa shape index (κ1) is 12.9. The Kier molecular flexibility index (Phi) is 3.29. The number of nitrogens with two attached hydrogens (primary N) is 1. The maximum absolute atomic E-state index is 12.3. The second kappa shape index (κ2) is 5.10. The summed E-state index contributed by atoms with van der Waals surface area (Å²) < 4.78 is 1.19. The quantitative estimate of drug-likeness (QED) is 0.747. The fraction of sp³-hybridized carbons (Fsp3) is 0.0769. The molecular weight excluding hydrogens is 292 g/mol. The third kappa shape index (κ3) is 2.33. The highest BCUT2D eigenvalue weighted by Gasteiger charge is 2.11. The standard InChI is InChI=1S/C13H10N4OS2/c14-11(19)7-17-13(18)9-6-10(20-12(9)15-16-17)8-4-2-1-3-5-8/h1-6H,7H2,(H2,14,19). The Morgan fingerprint density at radius 2 is 2.10 bits per heavy atom. The molecule has 0 saturated heterocycles. The summed E-state index contributed by atoms with van der Waals surface area (Å²) >= 11 is 6.24. The van der Waals surface area contributed by atoms with E-state index in [1.807, 2.05) is 36.4 Å². The molecule has 1 aromatic carbocycles. The lowest BCUT2D eigenvalue weighted by molar-refractivity contribution is 0.629. The van der Waals surface area contributed by atoms with Crippen LogP contribution in [0, 0.1) is 0 Å². The molecule has 0 radical (unpaired) electrons. The Hall–Kier alpha value is -2.12. The van der Waals surface area contributed by atoms with Gasteiger partial charge in [0.2, 0.25) is 0 Å². The van der Waals surface area contributed by atoms with Crippen molar-refractivity contribution >= 4 is 38.8 Å². The molecule has 3 rings (SSSR count). The zero-order valence-corrected chi connectivity index (χ0v) is 11.9. The number of benzene rings is 1. The van der Waals surface area contributed by atoms with Gasteiger partial charge in [0.1, 0.15) is 0 Å². The lowest BCUT2D eigenvalue weighted by Crippen LogP contribution is -2.29. The van der Waals surface area contributed by atoms with Gasteiger partial charge in [-0.1, -0.05) is 47.8 Å². The van der Waals surface area contributed by atoms with E-state index in [0.717, 1.165) is 10.4 Å². The van der Waals surface area contributed by atoms with Crippen LogP contribution in [0.15, 0.2) is 41.2 Å². The van der Waals surface area contributed by atoms with E-state index in [4.69, 9.17) is 18.0 Å². The van der Waals surface area contributed by atoms with Crippen LogP contribution in [-0.2, 0) is 6.54 Å². The highest BCUT2D eigenvalue weighted by Crippen LogP contribution is 2.30. The van der Waals surface area contributed by atoms with Gasteiger partial charge < -0.3 is 5.73 Å². The zero-order valence-electron chi connectivity index (χ0n) is 10.3. The summed E-state index contributed by atoms with van der Waals surface area (Å²) in [5.41, 5.74) is 6.27. The van der Waals surface area contributed by atoms with Gasteiger partial charge in [0.05, 0.1) is 16.9 Å². The summed E-state index contributed by atoms with van der Waals surface area (Å²) in [5, 5.41) is 8.45. The first-order chi connectivity index (χ1) is 9.65. The van der Waals surface area contributed by atoms with Crippen LogP contribution < -0.4 is 11.3 Å². The number of fused-ring (bicyclic) bond motifs is 1. The van der Waals surface area contributed by atoms with Gasteiger partial charge in [0.15, 0.2) is 4.83 Å². The molecule has 0 saturated carbocycles. The van der Waals surface area contributed by atoms with Gasteiger partial charge in [-0.2, -0.15) is 0 Å². The lowest BCUT2D eigenvalue weighted by Gasteiger charge is -1.99. The maximum Gasteiger partial charge on any atom is 0.278 e. The minimum Gasteiger partial charge on any atom is -0.392 e. The SMILES string of the molecule is NC(=S)Cn1nnc2sc(-c3ccccc3)cc2c1=O. The normalized spacial score (nSPS) is 10.8. The van der Waals surface area contributed by atoms with E-state index < -0.39 is 0 Å². The van der Waals surface area contributed by atoms with Gasteiger partial charge in [-0.05, 0) is 11.6 Å². The van der Waals surface area contributed by atoms with Crippen molar-refractivity contribution < 1.29 is 0 Å². The largest absolute Gasteiger partial charge is 0.392 e. The fourth-order valence-corrected chi connectivity index (χ4v) is 2.97. The Labute approximate surface area is 123 Å². The number of thiocarbonyl (C=S) groups is 1. The lowest BCUT2D eigenvalue weighted by atomic mass is 10.2. The van der Waals surface area contributed by atoms with Crippen molar-refractivity contribution in [1.29, 1.82) is 0 Å². The van der Waals surface area contributed by atoms with Gasteiger partial charge in [-0.25, -0.2) is 4.68 Å². The average Bonchev–Trinajstić information content (AvgIpc) is 2.87. The molecule has 0 aliphatic carbocycles. The van der Waals surface area contributed by atoms with Crippen molar-refractivity contribution in [3.63, 3.8) is 0 Å². The number of thiophene rings is 1. The van der Waals surface area contributed by atoms with Crippen LogP contribution in [0.5, 0.6) is 0 Å². The van der Waals surface area contributed by atoms with Crippen molar-refractivity contribution in [3.05, 3.63) is 46.8 Å². The van der Waals surface area contributed by atoms with Crippen molar-refractivity contribution in [3.8, 4) is 10.4 Å². The fourth-order valence-electron chi connectivity index (χ4n) is 1.88. The van der Waals surface area contributed by atoms with Crippen LogP contribution in [0.1, 0.15) is 0 Å². The molecule has 2 aromatic heterocycles. The monoisotopic (exact) mass is 302 g/mol. The van der Waals surface area contributed by atoms with Crippen molar-refractivity contribution in [1.82, 2.24) is 15.0 Å². The van der Waals surface area contributed by atoms with E-state index in [0.29, 0.717) is 10.2 Å². The van der Waals surface area contributed by atoms with E-state index in [2.05, 4.69) is 10.3 Å². The molecule has 100 valence electrons. The van der Waals surface area contributed by atoms with Crippen LogP contribution in [0.4, 0.5) is 0 Å². The Balaban J connectivity index is 2.15. The second-order valence-corrected chi connectivity index (χ2v) is 5.77. The predicted octanol–water partition coefficient (Wildman–Crippen LogP) is 1.81. The highest BCUT2D eigenvalue weighted by molar-refractivity contribution is 7.80. The van der Waals surface area contributed by atoms with Crippen LogP contribution in [0.25, 0.3) is 20.7 Å². The van der Waals surface area contributed by atoms with Crippen molar-refractivity contribution in [2.45, 2.75) is 6.54 Å². The molecule has 0 aliphatic heterocycles. The molecule has 2 heterocycles. The van der Waals surface area contributed by atoms with E-state index >= 15 is 0 Å². The third-order valence-corrected chi connectivity index (χ3v) is 3.98. The van der Waals surface area contributed by atoms with E-state index in [1.54, 1.807) is 0 Å². The van der Waals surface area contributed by atoms with Gasteiger partial charge in [0.25, 0.3) is 5.56 Å². The molecule has 20 heavy (non-hydrogen) atoms. The topological polar surface area (TPSA) is 73.8 Å². The van der Waals surface area contributed by atoms with Gasteiger partial charge in [-0.3, -0.25) is 4.79 Å². The molecule has 0 spiro atoms. The molecular formula is C13H10N4OS2. The van der Waals surface area contributed by atoms with E-state index in [9.17, 15) is 4.79 Å². The molecule has 0 bridgehead atoms. The van der Waals surface area contributed by atoms with Gasteiger partial charge >= 0.3 is 0 Å². The predicted molar refractivity (Wildman–Crippen MR) is 83.9 cm³/mol. The van der Waals surface area contributed by atoms with Crippen molar-refractivity contribution in [2.24, 2.45) is 5.73 Å². The zero-order chi connectivity index (χ0) is 14.1. The van der Waals surface area contributed by atoms with E-state index in [1.165, 1.54) is 16.0 Å². The summed E-state index contributed by atoms with van der Waals surface area (Å²) in [7, 11) is 0. The summed E-state index contributed by atoms with van der Waals surface area (Å²) in [4.78, 5) is 14.1. The van der Waals surface area contributed by atoms with Crippen LogP contribution in [0.3, 0.4) is 0 Å². The Morgan fingerprint density at radius 3 is 2.80 bits per heavy atom. The second-order valence-electron chi connectivity index (χ2n) is 4.21. The molecule has 5 nitrogen and oxygen atoms in total. The number of nitrogens with zero attached hydrogens (tertiary/aromatic N) is 3. The summed E-state index contributed by atoms with van der Waals surface area (Å²) in [5.74, 6) is 0. The molecule has 0 atom stereocenters. The first-order valence-corrected chi connectivity index (χ1v) is 7.08. The highest BCUT2D eigenvalue weighted by atomic mass is 32.1. The van der Waals surface area contributed by atoms with Gasteiger partial charge in [0, 0.05) is 4.88 Å². The summed E-state index contributed by atoms with van der Waals surface area (Å²) in [6.45, 7) is 0.105. The number of aromatic nitrogens is 3. The van der Waals surface area contributed by atoms with Gasteiger partial charge in [-0.15, -0.1) is 16.4 Å². The van der Waals surface area contributed by atoms with Crippen molar-refractivity contribution in [2.75, 3.05) is 0 Å². The summed E-state index contributed by atoms with van der Waals surface area (Å²) in [6, 6.07) is 11.7. The summed E-state index contributed by atoms with van der Waals surface area (Å²) in [6.07, 6.45) is 0. The van der Waals surface area contributed by atoms with Crippen LogP contribution in [-0.4, -0.2) is 20.0 Å².